The number of aliphatic hydroxyl groups excluding tert-OH is 3. The van der Waals surface area contributed by atoms with Crippen LogP contribution in [0, 0.1) is 0 Å². The molecule has 25 heavy (non-hydrogen) atoms. The van der Waals surface area contributed by atoms with E-state index >= 15 is 0 Å². The topological polar surface area (TPSA) is 151 Å². The first-order valence-corrected chi connectivity index (χ1v) is 8.65. The van der Waals surface area contributed by atoms with E-state index in [0.717, 1.165) is 19.3 Å². The van der Waals surface area contributed by atoms with Crippen LogP contribution in [0.3, 0.4) is 0 Å². The number of hydrogen-bond donors (Lipinski definition) is 6. The zero-order valence-corrected chi connectivity index (χ0v) is 15.1. The second-order valence-corrected chi connectivity index (χ2v) is 5.50. The molecule has 0 spiro atoms. The summed E-state index contributed by atoms with van der Waals surface area (Å²) in [5, 5.41) is 45.5. The molecule has 0 aliphatic carbocycles. The summed E-state index contributed by atoms with van der Waals surface area (Å²) < 4.78 is 0. The molecule has 0 amide bonds. The number of hydrogen-bond acceptors (Lipinski definition) is 7. The summed E-state index contributed by atoms with van der Waals surface area (Å²) in [5.41, 5.74) is 0. The number of nitrogens with zero attached hydrogens (tertiary/aromatic N) is 1. The van der Waals surface area contributed by atoms with Crippen molar-refractivity contribution in [2.24, 2.45) is 0 Å². The SMILES string of the molecule is CCCCCNC(CCC(=O)O)C(=O)O.OCCN(CCO)CCO. The average Bonchev–Trinajstić information content (AvgIpc) is 2.55. The highest BCUT2D eigenvalue weighted by Crippen LogP contribution is 1.99. The van der Waals surface area contributed by atoms with E-state index in [-0.39, 0.29) is 32.7 Å². The van der Waals surface area contributed by atoms with Crippen LogP contribution in [-0.2, 0) is 9.59 Å². The summed E-state index contributed by atoms with van der Waals surface area (Å²) in [5.74, 6) is -1.94. The van der Waals surface area contributed by atoms with Crippen LogP contribution in [0.2, 0.25) is 0 Å². The van der Waals surface area contributed by atoms with Crippen LogP contribution in [0.5, 0.6) is 0 Å². The van der Waals surface area contributed by atoms with Gasteiger partial charge in [-0.2, -0.15) is 0 Å². The van der Waals surface area contributed by atoms with E-state index in [2.05, 4.69) is 12.2 Å². The van der Waals surface area contributed by atoms with Gasteiger partial charge in [-0.3, -0.25) is 14.5 Å². The number of carbonyl (C=O) groups is 2. The van der Waals surface area contributed by atoms with E-state index in [1.54, 1.807) is 4.90 Å². The number of rotatable bonds is 15. The lowest BCUT2D eigenvalue weighted by atomic mass is 10.1. The van der Waals surface area contributed by atoms with Crippen LogP contribution >= 0.6 is 0 Å². The molecule has 6 N–H and O–H groups in total. The Labute approximate surface area is 149 Å². The Morgan fingerprint density at radius 1 is 0.960 bits per heavy atom. The Balaban J connectivity index is 0. The van der Waals surface area contributed by atoms with E-state index in [9.17, 15) is 9.59 Å². The fourth-order valence-corrected chi connectivity index (χ4v) is 1.99. The Kier molecular flexibility index (Phi) is 19.8. The van der Waals surface area contributed by atoms with Crippen LogP contribution < -0.4 is 5.32 Å². The van der Waals surface area contributed by atoms with Crippen molar-refractivity contribution in [3.05, 3.63) is 0 Å². The fraction of sp³-hybridized carbons (Fsp3) is 0.875. The van der Waals surface area contributed by atoms with Crippen LogP contribution in [0.4, 0.5) is 0 Å². The van der Waals surface area contributed by atoms with Crippen molar-refractivity contribution in [3.8, 4) is 0 Å². The maximum atomic E-state index is 10.7. The quantitative estimate of drug-likeness (QED) is 0.208. The monoisotopic (exact) mass is 366 g/mol. The first-order valence-electron chi connectivity index (χ1n) is 8.65. The van der Waals surface area contributed by atoms with Gasteiger partial charge in [0.2, 0.25) is 0 Å². The molecule has 0 bridgehead atoms. The summed E-state index contributed by atoms with van der Waals surface area (Å²) in [6, 6.07) is -0.738. The smallest absolute Gasteiger partial charge is 0.320 e. The Morgan fingerprint density at radius 2 is 1.48 bits per heavy atom. The van der Waals surface area contributed by atoms with Crippen molar-refractivity contribution < 1.29 is 35.1 Å². The first kappa shape index (κ1) is 26.0. The van der Waals surface area contributed by atoms with Crippen molar-refractivity contribution >= 4 is 11.9 Å². The number of aliphatic carboxylic acids is 2. The Hall–Kier alpha value is -1.26. The summed E-state index contributed by atoms with van der Waals surface area (Å²) in [6.45, 7) is 4.45. The molecule has 0 radical (unpaired) electrons. The van der Waals surface area contributed by atoms with Gasteiger partial charge >= 0.3 is 11.9 Å². The van der Waals surface area contributed by atoms with Gasteiger partial charge in [-0.25, -0.2) is 0 Å². The molecule has 1 atom stereocenters. The minimum atomic E-state index is -0.979. The van der Waals surface area contributed by atoms with Gasteiger partial charge < -0.3 is 30.8 Å². The second-order valence-electron chi connectivity index (χ2n) is 5.50. The molecule has 0 aromatic heterocycles. The summed E-state index contributed by atoms with van der Waals surface area (Å²) >= 11 is 0. The minimum absolute atomic E-state index is 0.0694. The Bertz CT molecular complexity index is 315. The standard InChI is InChI=1S/C10H19NO4.C6H15NO3/c1-2-3-4-7-11-8(10(14)15)5-6-9(12)13;8-4-1-7(2-5-9)3-6-10/h8,11H,2-7H2,1H3,(H,12,13)(H,14,15);8-10H,1-6H2. The van der Waals surface area contributed by atoms with Gasteiger partial charge in [0.05, 0.1) is 19.8 Å². The lowest BCUT2D eigenvalue weighted by Gasteiger charge is -2.17. The molecule has 0 aliphatic heterocycles. The van der Waals surface area contributed by atoms with Crippen LogP contribution in [0.15, 0.2) is 0 Å². The number of nitrogens with one attached hydrogen (secondary N) is 1. The van der Waals surface area contributed by atoms with Gasteiger partial charge in [0, 0.05) is 26.1 Å². The van der Waals surface area contributed by atoms with Gasteiger partial charge in [0.25, 0.3) is 0 Å². The molecule has 0 aliphatic rings. The highest BCUT2D eigenvalue weighted by molar-refractivity contribution is 5.75. The van der Waals surface area contributed by atoms with E-state index in [1.165, 1.54) is 0 Å². The maximum absolute atomic E-state index is 10.7. The van der Waals surface area contributed by atoms with Gasteiger partial charge in [0.1, 0.15) is 6.04 Å². The molecule has 9 heteroatoms. The van der Waals surface area contributed by atoms with Crippen molar-refractivity contribution in [1.29, 1.82) is 0 Å². The zero-order valence-electron chi connectivity index (χ0n) is 15.1. The lowest BCUT2D eigenvalue weighted by Crippen LogP contribution is -2.37. The van der Waals surface area contributed by atoms with Crippen molar-refractivity contribution in [3.63, 3.8) is 0 Å². The predicted octanol–water partition coefficient (Wildman–Crippen LogP) is -0.650. The second kappa shape index (κ2) is 19.1. The summed E-state index contributed by atoms with van der Waals surface area (Å²) in [7, 11) is 0. The molecule has 0 aromatic carbocycles. The Morgan fingerprint density at radius 3 is 1.84 bits per heavy atom. The molecular weight excluding hydrogens is 332 g/mol. The molecule has 0 aromatic rings. The summed E-state index contributed by atoms with van der Waals surface area (Å²) in [4.78, 5) is 22.8. The molecule has 150 valence electrons. The van der Waals surface area contributed by atoms with Crippen LogP contribution in [0.25, 0.3) is 0 Å². The van der Waals surface area contributed by atoms with Crippen molar-refractivity contribution in [2.75, 3.05) is 46.0 Å². The number of carboxylic acid groups (broad SMARTS) is 2. The molecule has 0 saturated carbocycles. The third-order valence-corrected chi connectivity index (χ3v) is 3.36. The summed E-state index contributed by atoms with van der Waals surface area (Å²) in [6.07, 6.45) is 3.08. The van der Waals surface area contributed by atoms with Gasteiger partial charge in [0.15, 0.2) is 0 Å². The van der Waals surface area contributed by atoms with E-state index < -0.39 is 18.0 Å². The zero-order chi connectivity index (χ0) is 19.5. The van der Waals surface area contributed by atoms with Gasteiger partial charge in [-0.05, 0) is 19.4 Å². The van der Waals surface area contributed by atoms with E-state index in [0.29, 0.717) is 26.2 Å². The fourth-order valence-electron chi connectivity index (χ4n) is 1.99. The maximum Gasteiger partial charge on any atom is 0.320 e. The molecule has 9 nitrogen and oxygen atoms in total. The first-order chi connectivity index (χ1) is 11.9. The van der Waals surface area contributed by atoms with E-state index in [4.69, 9.17) is 25.5 Å². The average molecular weight is 366 g/mol. The molecule has 0 heterocycles. The normalized spacial score (nSPS) is 11.7. The number of carboxylic acids is 2. The predicted molar refractivity (Wildman–Crippen MR) is 93.5 cm³/mol. The highest BCUT2D eigenvalue weighted by atomic mass is 16.4. The molecule has 0 saturated heterocycles. The molecule has 0 rings (SSSR count). The third-order valence-electron chi connectivity index (χ3n) is 3.36. The number of unbranched alkanes of at least 4 members (excludes halogenated alkanes) is 2. The highest BCUT2D eigenvalue weighted by Gasteiger charge is 2.17. The van der Waals surface area contributed by atoms with Crippen LogP contribution in [-0.4, -0.2) is 94.4 Å². The molecular formula is C16H34N2O7. The van der Waals surface area contributed by atoms with E-state index in [1.807, 2.05) is 0 Å². The largest absolute Gasteiger partial charge is 0.481 e. The van der Waals surface area contributed by atoms with Crippen LogP contribution in [0.1, 0.15) is 39.0 Å². The van der Waals surface area contributed by atoms with Crippen molar-refractivity contribution in [1.82, 2.24) is 10.2 Å². The van der Waals surface area contributed by atoms with Gasteiger partial charge in [-0.1, -0.05) is 19.8 Å². The van der Waals surface area contributed by atoms with Crippen molar-refractivity contribution in [2.45, 2.75) is 45.1 Å². The van der Waals surface area contributed by atoms with Gasteiger partial charge in [-0.15, -0.1) is 0 Å². The lowest BCUT2D eigenvalue weighted by molar-refractivity contribution is -0.140. The number of aliphatic hydroxyl groups is 3. The molecule has 0 fully saturated rings. The molecule has 1 unspecified atom stereocenters. The third kappa shape index (κ3) is 18.9. The minimum Gasteiger partial charge on any atom is -0.481 e.